The fourth-order valence-corrected chi connectivity index (χ4v) is 1.67. The lowest BCUT2D eigenvalue weighted by atomic mass is 10.1. The van der Waals surface area contributed by atoms with Crippen LogP contribution in [0.1, 0.15) is 18.1 Å². The molecule has 3 nitrogen and oxygen atoms in total. The topological polar surface area (TPSA) is 29.5 Å². The summed E-state index contributed by atoms with van der Waals surface area (Å²) in [6, 6.07) is 6.03. The minimum atomic E-state index is -0.411. The molecular formula is C13H19NO2. The summed E-state index contributed by atoms with van der Waals surface area (Å²) in [5.41, 5.74) is 3.22. The summed E-state index contributed by atoms with van der Waals surface area (Å²) in [5, 5.41) is 0. The quantitative estimate of drug-likeness (QED) is 0.783. The number of methoxy groups -OCH3 is 1. The van der Waals surface area contributed by atoms with Gasteiger partial charge >= 0.3 is 0 Å². The lowest BCUT2D eigenvalue weighted by molar-refractivity contribution is -0.127. The third-order valence-electron chi connectivity index (χ3n) is 2.75. The van der Waals surface area contributed by atoms with E-state index >= 15 is 0 Å². The highest BCUT2D eigenvalue weighted by molar-refractivity contribution is 5.96. The third kappa shape index (κ3) is 2.61. The Kier molecular flexibility index (Phi) is 4.07. The van der Waals surface area contributed by atoms with Gasteiger partial charge in [0.05, 0.1) is 0 Å². The van der Waals surface area contributed by atoms with Crippen LogP contribution in [0, 0.1) is 13.8 Å². The first kappa shape index (κ1) is 12.7. The van der Waals surface area contributed by atoms with Crippen LogP contribution in [-0.4, -0.2) is 26.2 Å². The molecule has 0 saturated carbocycles. The van der Waals surface area contributed by atoms with Gasteiger partial charge in [-0.1, -0.05) is 17.7 Å². The number of hydrogen-bond acceptors (Lipinski definition) is 2. The number of nitrogens with zero attached hydrogens (tertiary/aromatic N) is 1. The highest BCUT2D eigenvalue weighted by atomic mass is 16.5. The number of hydrogen-bond donors (Lipinski definition) is 0. The van der Waals surface area contributed by atoms with Gasteiger partial charge in [-0.2, -0.15) is 0 Å². The molecule has 3 heteroatoms. The van der Waals surface area contributed by atoms with Gasteiger partial charge in [0.2, 0.25) is 0 Å². The lowest BCUT2D eigenvalue weighted by Gasteiger charge is -2.22. The summed E-state index contributed by atoms with van der Waals surface area (Å²) in [4.78, 5) is 13.6. The number of rotatable bonds is 3. The fourth-order valence-electron chi connectivity index (χ4n) is 1.67. The second-order valence-electron chi connectivity index (χ2n) is 4.07. The molecule has 1 aromatic rings. The van der Waals surface area contributed by atoms with Gasteiger partial charge in [-0.15, -0.1) is 0 Å². The summed E-state index contributed by atoms with van der Waals surface area (Å²) >= 11 is 0. The highest BCUT2D eigenvalue weighted by Gasteiger charge is 2.19. The third-order valence-corrected chi connectivity index (χ3v) is 2.75. The first-order chi connectivity index (χ1) is 7.47. The molecule has 1 amide bonds. The summed E-state index contributed by atoms with van der Waals surface area (Å²) in [6.07, 6.45) is -0.411. The van der Waals surface area contributed by atoms with Gasteiger partial charge in [0.1, 0.15) is 6.10 Å². The lowest BCUT2D eigenvalue weighted by Crippen LogP contribution is -2.36. The van der Waals surface area contributed by atoms with E-state index < -0.39 is 6.10 Å². The molecule has 1 atom stereocenters. The van der Waals surface area contributed by atoms with Crippen LogP contribution in [0.3, 0.4) is 0 Å². The highest BCUT2D eigenvalue weighted by Crippen LogP contribution is 2.20. The summed E-state index contributed by atoms with van der Waals surface area (Å²) in [6.45, 7) is 5.79. The molecular weight excluding hydrogens is 202 g/mol. The predicted molar refractivity (Wildman–Crippen MR) is 65.8 cm³/mol. The fraction of sp³-hybridized carbons (Fsp3) is 0.462. The molecule has 0 aliphatic carbocycles. The van der Waals surface area contributed by atoms with Gasteiger partial charge in [-0.05, 0) is 32.4 Å². The Balaban J connectivity index is 2.96. The van der Waals surface area contributed by atoms with Crippen LogP contribution in [0.4, 0.5) is 5.69 Å². The Morgan fingerprint density at radius 3 is 2.50 bits per heavy atom. The van der Waals surface area contributed by atoms with Crippen molar-refractivity contribution in [1.82, 2.24) is 0 Å². The number of carbonyl (C=O) groups excluding carboxylic acids is 1. The second kappa shape index (κ2) is 5.12. The van der Waals surface area contributed by atoms with Crippen molar-refractivity contribution in [2.75, 3.05) is 19.1 Å². The van der Waals surface area contributed by atoms with E-state index in [0.717, 1.165) is 11.3 Å². The van der Waals surface area contributed by atoms with E-state index in [1.165, 1.54) is 5.56 Å². The monoisotopic (exact) mass is 221 g/mol. The molecule has 0 heterocycles. The summed E-state index contributed by atoms with van der Waals surface area (Å²) < 4.78 is 5.03. The number of carbonyl (C=O) groups is 1. The van der Waals surface area contributed by atoms with E-state index in [9.17, 15) is 4.79 Å². The molecule has 0 bridgehead atoms. The molecule has 16 heavy (non-hydrogen) atoms. The molecule has 0 aliphatic rings. The molecule has 0 N–H and O–H groups in total. The molecule has 88 valence electrons. The number of ether oxygens (including phenoxy) is 1. The predicted octanol–water partition coefficient (Wildman–Crippen LogP) is 2.30. The normalized spacial score (nSPS) is 12.3. The van der Waals surface area contributed by atoms with Crippen molar-refractivity contribution in [3.63, 3.8) is 0 Å². The average molecular weight is 221 g/mol. The maximum atomic E-state index is 11.9. The number of benzene rings is 1. The zero-order valence-corrected chi connectivity index (χ0v) is 10.6. The Labute approximate surface area is 97.0 Å². The minimum absolute atomic E-state index is 0.0329. The molecule has 1 aromatic carbocycles. The Hall–Kier alpha value is -1.35. The van der Waals surface area contributed by atoms with Crippen molar-refractivity contribution in [2.45, 2.75) is 26.9 Å². The van der Waals surface area contributed by atoms with Crippen LogP contribution in [0.15, 0.2) is 18.2 Å². The van der Waals surface area contributed by atoms with Crippen LogP contribution in [-0.2, 0) is 9.53 Å². The molecule has 0 radical (unpaired) electrons. The first-order valence-corrected chi connectivity index (χ1v) is 5.35. The van der Waals surface area contributed by atoms with Crippen molar-refractivity contribution in [1.29, 1.82) is 0 Å². The van der Waals surface area contributed by atoms with E-state index in [2.05, 4.69) is 6.07 Å². The van der Waals surface area contributed by atoms with E-state index in [1.54, 1.807) is 26.0 Å². The maximum absolute atomic E-state index is 11.9. The van der Waals surface area contributed by atoms with E-state index in [0.29, 0.717) is 0 Å². The van der Waals surface area contributed by atoms with Crippen LogP contribution in [0.2, 0.25) is 0 Å². The van der Waals surface area contributed by atoms with Crippen molar-refractivity contribution >= 4 is 11.6 Å². The SMILES string of the molecule is COC(C)C(=O)N(C)c1ccc(C)cc1C. The number of aryl methyl sites for hydroxylation is 2. The number of likely N-dealkylation sites (N-methyl/N-ethyl adjacent to an activating group) is 1. The van der Waals surface area contributed by atoms with Gasteiger partial charge < -0.3 is 9.64 Å². The smallest absolute Gasteiger partial charge is 0.255 e. The van der Waals surface area contributed by atoms with Crippen LogP contribution in [0.5, 0.6) is 0 Å². The summed E-state index contributed by atoms with van der Waals surface area (Å²) in [7, 11) is 3.31. The van der Waals surface area contributed by atoms with Gasteiger partial charge in [-0.3, -0.25) is 4.79 Å². The molecule has 1 rings (SSSR count). The largest absolute Gasteiger partial charge is 0.372 e. The first-order valence-electron chi connectivity index (χ1n) is 5.35. The van der Waals surface area contributed by atoms with Crippen molar-refractivity contribution in [3.05, 3.63) is 29.3 Å². The second-order valence-corrected chi connectivity index (χ2v) is 4.07. The zero-order valence-electron chi connectivity index (χ0n) is 10.6. The number of anilines is 1. The van der Waals surface area contributed by atoms with Crippen LogP contribution < -0.4 is 4.90 Å². The molecule has 0 fully saturated rings. The van der Waals surface area contributed by atoms with Crippen molar-refractivity contribution in [3.8, 4) is 0 Å². The van der Waals surface area contributed by atoms with Gasteiger partial charge in [0, 0.05) is 19.8 Å². The van der Waals surface area contributed by atoms with Crippen LogP contribution in [0.25, 0.3) is 0 Å². The molecule has 0 spiro atoms. The van der Waals surface area contributed by atoms with Gasteiger partial charge in [0.25, 0.3) is 5.91 Å². The Bertz CT molecular complexity index is 388. The van der Waals surface area contributed by atoms with Gasteiger partial charge in [-0.25, -0.2) is 0 Å². The van der Waals surface area contributed by atoms with E-state index in [1.807, 2.05) is 26.0 Å². The van der Waals surface area contributed by atoms with Crippen molar-refractivity contribution in [2.24, 2.45) is 0 Å². The maximum Gasteiger partial charge on any atom is 0.255 e. The summed E-state index contributed by atoms with van der Waals surface area (Å²) in [5.74, 6) is -0.0329. The van der Waals surface area contributed by atoms with Crippen LogP contribution >= 0.6 is 0 Å². The van der Waals surface area contributed by atoms with E-state index in [-0.39, 0.29) is 5.91 Å². The average Bonchev–Trinajstić information content (AvgIpc) is 2.26. The molecule has 0 aliphatic heterocycles. The Morgan fingerprint density at radius 2 is 2.00 bits per heavy atom. The number of amides is 1. The zero-order chi connectivity index (χ0) is 12.3. The van der Waals surface area contributed by atoms with E-state index in [4.69, 9.17) is 4.74 Å². The molecule has 0 saturated heterocycles. The Morgan fingerprint density at radius 1 is 1.38 bits per heavy atom. The standard InChI is InChI=1S/C13H19NO2/c1-9-6-7-12(10(2)8-9)14(4)13(15)11(3)16-5/h6-8,11H,1-5H3. The van der Waals surface area contributed by atoms with Gasteiger partial charge in [0.15, 0.2) is 0 Å². The minimum Gasteiger partial charge on any atom is -0.372 e. The van der Waals surface area contributed by atoms with Crippen molar-refractivity contribution < 1.29 is 9.53 Å². The molecule has 1 unspecified atom stereocenters. The molecule has 0 aromatic heterocycles.